The standard InChI is InChI=1S/C17H8FN3O4S/c18-11-6-3-7-19-13(11)14-20-12(8-26-14)17(24)25-21-15(22)9-4-1-2-5-10(9)16(21)23/h1-8H. The average Bonchev–Trinajstić information content (AvgIpc) is 3.23. The van der Waals surface area contributed by atoms with Gasteiger partial charge in [-0.3, -0.25) is 14.6 Å². The highest BCUT2D eigenvalue weighted by molar-refractivity contribution is 7.13. The maximum absolute atomic E-state index is 13.8. The normalized spacial score (nSPS) is 13.0. The highest BCUT2D eigenvalue weighted by Gasteiger charge is 2.39. The van der Waals surface area contributed by atoms with E-state index in [0.717, 1.165) is 11.3 Å². The fourth-order valence-corrected chi connectivity index (χ4v) is 3.18. The first kappa shape index (κ1) is 16.0. The van der Waals surface area contributed by atoms with Crippen molar-refractivity contribution in [1.29, 1.82) is 0 Å². The number of hydrogen-bond acceptors (Lipinski definition) is 7. The molecule has 128 valence electrons. The van der Waals surface area contributed by atoms with Crippen LogP contribution in [0, 0.1) is 5.82 Å². The van der Waals surface area contributed by atoms with Crippen molar-refractivity contribution >= 4 is 29.1 Å². The van der Waals surface area contributed by atoms with E-state index in [1.165, 1.54) is 35.8 Å². The number of nitrogens with zero attached hydrogens (tertiary/aromatic N) is 3. The van der Waals surface area contributed by atoms with Gasteiger partial charge in [0, 0.05) is 11.6 Å². The summed E-state index contributed by atoms with van der Waals surface area (Å²) >= 11 is 0.989. The van der Waals surface area contributed by atoms with Gasteiger partial charge in [0.05, 0.1) is 11.1 Å². The van der Waals surface area contributed by atoms with Crippen LogP contribution < -0.4 is 0 Å². The van der Waals surface area contributed by atoms with Gasteiger partial charge >= 0.3 is 5.97 Å². The predicted octanol–water partition coefficient (Wildman–Crippen LogP) is 2.71. The van der Waals surface area contributed by atoms with Crippen LogP contribution in [0.2, 0.25) is 0 Å². The van der Waals surface area contributed by atoms with Crippen LogP contribution in [0.5, 0.6) is 0 Å². The summed E-state index contributed by atoms with van der Waals surface area (Å²) in [4.78, 5) is 49.4. The second kappa shape index (κ2) is 6.12. The minimum absolute atomic E-state index is 0.00252. The summed E-state index contributed by atoms with van der Waals surface area (Å²) < 4.78 is 13.8. The van der Waals surface area contributed by atoms with Crippen LogP contribution >= 0.6 is 11.3 Å². The summed E-state index contributed by atoms with van der Waals surface area (Å²) in [7, 11) is 0. The third-order valence-corrected chi connectivity index (χ3v) is 4.45. The molecule has 9 heteroatoms. The molecule has 0 atom stereocenters. The van der Waals surface area contributed by atoms with Crippen LogP contribution in [0.25, 0.3) is 10.7 Å². The number of halogens is 1. The monoisotopic (exact) mass is 369 g/mol. The van der Waals surface area contributed by atoms with E-state index in [9.17, 15) is 18.8 Å². The predicted molar refractivity (Wildman–Crippen MR) is 87.7 cm³/mol. The number of carbonyl (C=O) groups excluding carboxylic acids is 3. The van der Waals surface area contributed by atoms with Gasteiger partial charge in [-0.15, -0.1) is 11.3 Å². The number of fused-ring (bicyclic) bond motifs is 1. The van der Waals surface area contributed by atoms with E-state index < -0.39 is 23.6 Å². The van der Waals surface area contributed by atoms with Crippen LogP contribution in [0.4, 0.5) is 4.39 Å². The van der Waals surface area contributed by atoms with Gasteiger partial charge in [0.25, 0.3) is 11.8 Å². The van der Waals surface area contributed by atoms with Gasteiger partial charge in [-0.05, 0) is 24.3 Å². The largest absolute Gasteiger partial charge is 0.383 e. The zero-order valence-corrected chi connectivity index (χ0v) is 13.7. The molecule has 4 rings (SSSR count). The minimum atomic E-state index is -1.00. The minimum Gasteiger partial charge on any atom is -0.322 e. The number of amides is 2. The van der Waals surface area contributed by atoms with Gasteiger partial charge < -0.3 is 4.84 Å². The van der Waals surface area contributed by atoms with Gasteiger partial charge in [0.15, 0.2) is 11.5 Å². The molecule has 3 aromatic rings. The van der Waals surface area contributed by atoms with Crippen molar-refractivity contribution < 1.29 is 23.6 Å². The highest BCUT2D eigenvalue weighted by atomic mass is 32.1. The van der Waals surface area contributed by atoms with Crippen LogP contribution in [-0.4, -0.2) is 32.8 Å². The van der Waals surface area contributed by atoms with Gasteiger partial charge in [-0.25, -0.2) is 14.2 Å². The van der Waals surface area contributed by atoms with Gasteiger partial charge in [0.2, 0.25) is 0 Å². The SMILES string of the molecule is O=C(ON1C(=O)c2ccccc2C1=O)c1csc(-c2ncccc2F)n1. The molecular weight excluding hydrogens is 361 g/mol. The molecule has 0 aliphatic carbocycles. The summed E-state index contributed by atoms with van der Waals surface area (Å²) in [5, 5.41) is 1.91. The molecule has 2 amide bonds. The van der Waals surface area contributed by atoms with E-state index in [2.05, 4.69) is 9.97 Å². The van der Waals surface area contributed by atoms with E-state index in [1.807, 2.05) is 0 Å². The fourth-order valence-electron chi connectivity index (χ4n) is 2.40. The molecule has 7 nitrogen and oxygen atoms in total. The number of aromatic nitrogens is 2. The summed E-state index contributed by atoms with van der Waals surface area (Å²) in [6, 6.07) is 8.79. The summed E-state index contributed by atoms with van der Waals surface area (Å²) in [6.45, 7) is 0. The van der Waals surface area contributed by atoms with Crippen molar-refractivity contribution in [1.82, 2.24) is 15.0 Å². The van der Waals surface area contributed by atoms with Crippen LogP contribution in [0.3, 0.4) is 0 Å². The summed E-state index contributed by atoms with van der Waals surface area (Å²) in [6.07, 6.45) is 1.40. The second-order valence-corrected chi connectivity index (χ2v) is 6.06. The first-order valence-electron chi connectivity index (χ1n) is 7.33. The van der Waals surface area contributed by atoms with Crippen LogP contribution in [0.15, 0.2) is 48.0 Å². The van der Waals surface area contributed by atoms with Gasteiger partial charge in [0.1, 0.15) is 10.7 Å². The third kappa shape index (κ3) is 2.54. The molecule has 0 spiro atoms. The Bertz CT molecular complexity index is 1030. The number of pyridine rings is 1. The molecule has 0 unspecified atom stereocenters. The topological polar surface area (TPSA) is 89.5 Å². The fraction of sp³-hybridized carbons (Fsp3) is 0. The first-order valence-corrected chi connectivity index (χ1v) is 8.21. The van der Waals surface area contributed by atoms with Gasteiger partial charge in [-0.2, -0.15) is 0 Å². The Labute approximate surface area is 149 Å². The number of rotatable bonds is 3. The molecular formula is C17H8FN3O4S. The van der Waals surface area contributed by atoms with E-state index in [4.69, 9.17) is 4.84 Å². The Morgan fingerprint density at radius 1 is 1.08 bits per heavy atom. The summed E-state index contributed by atoms with van der Waals surface area (Å²) in [5.41, 5.74) is 0.142. The third-order valence-electron chi connectivity index (χ3n) is 3.61. The van der Waals surface area contributed by atoms with Crippen molar-refractivity contribution in [3.8, 4) is 10.7 Å². The van der Waals surface area contributed by atoms with Crippen LogP contribution in [-0.2, 0) is 4.84 Å². The summed E-state index contributed by atoms with van der Waals surface area (Å²) in [5.74, 6) is -3.05. The van der Waals surface area contributed by atoms with E-state index in [-0.39, 0.29) is 27.5 Å². The Morgan fingerprint density at radius 3 is 2.42 bits per heavy atom. The first-order chi connectivity index (χ1) is 12.6. The lowest BCUT2D eigenvalue weighted by Gasteiger charge is -2.11. The molecule has 1 aliphatic rings. The lowest BCUT2D eigenvalue weighted by Crippen LogP contribution is -2.32. The molecule has 0 saturated heterocycles. The van der Waals surface area contributed by atoms with E-state index >= 15 is 0 Å². The second-order valence-electron chi connectivity index (χ2n) is 5.20. The Kier molecular flexibility index (Phi) is 3.77. The highest BCUT2D eigenvalue weighted by Crippen LogP contribution is 2.26. The van der Waals surface area contributed by atoms with Crippen molar-refractivity contribution in [3.63, 3.8) is 0 Å². The maximum atomic E-state index is 13.8. The molecule has 0 fully saturated rings. The molecule has 0 radical (unpaired) electrons. The Balaban J connectivity index is 1.56. The zero-order chi connectivity index (χ0) is 18.3. The lowest BCUT2D eigenvalue weighted by molar-refractivity contribution is -0.0587. The Hall–Kier alpha value is -3.46. The number of hydroxylamine groups is 2. The van der Waals surface area contributed by atoms with Crippen molar-refractivity contribution in [2.75, 3.05) is 0 Å². The molecule has 2 aromatic heterocycles. The molecule has 0 N–H and O–H groups in total. The molecule has 3 heterocycles. The van der Waals surface area contributed by atoms with Gasteiger partial charge in [-0.1, -0.05) is 17.2 Å². The average molecular weight is 369 g/mol. The maximum Gasteiger partial charge on any atom is 0.383 e. The number of imide groups is 1. The van der Waals surface area contributed by atoms with E-state index in [0.29, 0.717) is 5.06 Å². The lowest BCUT2D eigenvalue weighted by atomic mass is 10.1. The molecule has 26 heavy (non-hydrogen) atoms. The quantitative estimate of drug-likeness (QED) is 0.660. The van der Waals surface area contributed by atoms with Crippen LogP contribution in [0.1, 0.15) is 31.2 Å². The number of thiazole rings is 1. The molecule has 0 saturated carbocycles. The van der Waals surface area contributed by atoms with E-state index in [1.54, 1.807) is 12.1 Å². The molecule has 0 bridgehead atoms. The van der Waals surface area contributed by atoms with Crippen molar-refractivity contribution in [2.24, 2.45) is 0 Å². The smallest absolute Gasteiger partial charge is 0.322 e. The molecule has 1 aliphatic heterocycles. The zero-order valence-electron chi connectivity index (χ0n) is 12.9. The van der Waals surface area contributed by atoms with Crippen molar-refractivity contribution in [2.45, 2.75) is 0 Å². The number of carbonyl (C=O) groups is 3. The van der Waals surface area contributed by atoms with Crippen molar-refractivity contribution in [3.05, 3.63) is 70.6 Å². The molecule has 1 aromatic carbocycles. The Morgan fingerprint density at radius 2 is 1.77 bits per heavy atom. The number of hydrogen-bond donors (Lipinski definition) is 0. The number of benzene rings is 1.